The van der Waals surface area contributed by atoms with Gasteiger partial charge >= 0.3 is 0 Å². The van der Waals surface area contributed by atoms with E-state index in [0.29, 0.717) is 18.8 Å². The zero-order valence-electron chi connectivity index (χ0n) is 18.7. The molecule has 0 saturated carbocycles. The van der Waals surface area contributed by atoms with Gasteiger partial charge < -0.3 is 19.5 Å². The molecule has 10 heteroatoms. The van der Waals surface area contributed by atoms with Crippen LogP contribution in [0.1, 0.15) is 17.2 Å². The van der Waals surface area contributed by atoms with E-state index in [4.69, 9.17) is 9.47 Å². The maximum atomic E-state index is 12.9. The van der Waals surface area contributed by atoms with E-state index in [-0.39, 0.29) is 48.0 Å². The van der Waals surface area contributed by atoms with Crippen LogP contribution >= 0.6 is 0 Å². The molecule has 2 heterocycles. The van der Waals surface area contributed by atoms with Crippen LogP contribution in [0.25, 0.3) is 5.76 Å². The first-order valence-electron chi connectivity index (χ1n) is 10.9. The molecule has 2 aliphatic rings. The van der Waals surface area contributed by atoms with Crippen LogP contribution in [0.3, 0.4) is 0 Å². The third-order valence-electron chi connectivity index (χ3n) is 5.93. The quantitative estimate of drug-likeness (QED) is 0.361. The molecular weight excluding hydrogens is 460 g/mol. The minimum Gasteiger partial charge on any atom is -0.507 e. The van der Waals surface area contributed by atoms with Gasteiger partial charge in [-0.3, -0.25) is 9.59 Å². The number of aliphatic hydroxyl groups is 1. The van der Waals surface area contributed by atoms with Crippen molar-refractivity contribution in [3.63, 3.8) is 0 Å². The molecule has 0 aromatic heterocycles. The highest BCUT2D eigenvalue weighted by Gasteiger charge is 2.45. The van der Waals surface area contributed by atoms with Gasteiger partial charge in [-0.2, -0.15) is 4.31 Å². The molecule has 2 aromatic rings. The second-order valence-electron chi connectivity index (χ2n) is 7.94. The third-order valence-corrected chi connectivity index (χ3v) is 7.84. The standard InChI is InChI=1S/C24H26N2O7S/c1-32-14-13-26-21(17-5-3-2-4-6-17)20(23(28)24(26)29)22(27)18-7-9-19(10-8-18)34(30,31)25-11-15-33-16-12-25/h2-10,21,27H,11-16H2,1H3/b22-20+. The highest BCUT2D eigenvalue weighted by Crippen LogP contribution is 2.39. The molecule has 1 amide bonds. The largest absolute Gasteiger partial charge is 0.507 e. The SMILES string of the molecule is COCCN1C(=O)C(=O)/C(=C(/O)c2ccc(S(=O)(=O)N3CCOCC3)cc2)C1c1ccccc1. The number of morpholine rings is 1. The fraction of sp³-hybridized carbons (Fsp3) is 0.333. The summed E-state index contributed by atoms with van der Waals surface area (Å²) < 4.78 is 37.4. The molecule has 9 nitrogen and oxygen atoms in total. The lowest BCUT2D eigenvalue weighted by molar-refractivity contribution is -0.140. The first kappa shape index (κ1) is 24.1. The molecule has 2 fully saturated rings. The third kappa shape index (κ3) is 4.49. The summed E-state index contributed by atoms with van der Waals surface area (Å²) in [6, 6.07) is 13.8. The Morgan fingerprint density at radius 2 is 1.71 bits per heavy atom. The van der Waals surface area contributed by atoms with Gasteiger partial charge in [0.2, 0.25) is 10.0 Å². The Labute approximate surface area is 198 Å². The number of benzene rings is 2. The van der Waals surface area contributed by atoms with Gasteiger partial charge in [0.1, 0.15) is 5.76 Å². The summed E-state index contributed by atoms with van der Waals surface area (Å²) in [7, 11) is -2.20. The monoisotopic (exact) mass is 486 g/mol. The van der Waals surface area contributed by atoms with E-state index < -0.39 is 27.8 Å². The molecule has 4 rings (SSSR count). The number of ketones is 1. The van der Waals surface area contributed by atoms with Crippen molar-refractivity contribution in [3.8, 4) is 0 Å². The Bertz CT molecular complexity index is 1190. The molecule has 0 radical (unpaired) electrons. The van der Waals surface area contributed by atoms with E-state index in [1.54, 1.807) is 24.3 Å². The molecule has 34 heavy (non-hydrogen) atoms. The average molecular weight is 487 g/mol. The molecule has 2 aliphatic heterocycles. The zero-order chi connectivity index (χ0) is 24.3. The summed E-state index contributed by atoms with van der Waals surface area (Å²) in [6.45, 7) is 1.61. The molecule has 1 unspecified atom stereocenters. The molecule has 2 aromatic carbocycles. The number of aliphatic hydroxyl groups excluding tert-OH is 1. The Kier molecular flexibility index (Phi) is 7.13. The van der Waals surface area contributed by atoms with Crippen LogP contribution < -0.4 is 0 Å². The van der Waals surface area contributed by atoms with Gasteiger partial charge in [-0.1, -0.05) is 30.3 Å². The van der Waals surface area contributed by atoms with Gasteiger partial charge in [0.25, 0.3) is 11.7 Å². The van der Waals surface area contributed by atoms with Crippen molar-refractivity contribution >= 4 is 27.5 Å². The number of hydrogen-bond donors (Lipinski definition) is 1. The smallest absolute Gasteiger partial charge is 0.295 e. The zero-order valence-corrected chi connectivity index (χ0v) is 19.5. The van der Waals surface area contributed by atoms with Crippen molar-refractivity contribution < 1.29 is 32.6 Å². The van der Waals surface area contributed by atoms with Crippen molar-refractivity contribution in [2.24, 2.45) is 0 Å². The second kappa shape index (κ2) is 10.1. The topological polar surface area (TPSA) is 113 Å². The Morgan fingerprint density at radius 1 is 1.06 bits per heavy atom. The lowest BCUT2D eigenvalue weighted by Gasteiger charge is -2.26. The van der Waals surface area contributed by atoms with E-state index in [0.717, 1.165) is 0 Å². The molecule has 0 spiro atoms. The number of methoxy groups -OCH3 is 1. The number of hydrogen-bond acceptors (Lipinski definition) is 7. The average Bonchev–Trinajstić information content (AvgIpc) is 3.13. The van der Waals surface area contributed by atoms with E-state index in [9.17, 15) is 23.1 Å². The number of amides is 1. The number of rotatable bonds is 7. The number of carbonyl (C=O) groups excluding carboxylic acids is 2. The van der Waals surface area contributed by atoms with Gasteiger partial charge in [-0.25, -0.2) is 8.42 Å². The Balaban J connectivity index is 1.72. The van der Waals surface area contributed by atoms with E-state index >= 15 is 0 Å². The fourth-order valence-electron chi connectivity index (χ4n) is 4.16. The highest BCUT2D eigenvalue weighted by atomic mass is 32.2. The molecule has 1 atom stereocenters. The number of Topliss-reactive ketones (excluding diaryl/α,β-unsaturated/α-hetero) is 1. The maximum absolute atomic E-state index is 12.9. The summed E-state index contributed by atoms with van der Waals surface area (Å²) in [5.41, 5.74) is 0.869. The van der Waals surface area contributed by atoms with Gasteiger partial charge in [0.15, 0.2) is 0 Å². The molecule has 0 aliphatic carbocycles. The highest BCUT2D eigenvalue weighted by molar-refractivity contribution is 7.89. The van der Waals surface area contributed by atoms with Crippen LogP contribution in [0, 0.1) is 0 Å². The summed E-state index contributed by atoms with van der Waals surface area (Å²) in [5, 5.41) is 11.1. The summed E-state index contributed by atoms with van der Waals surface area (Å²) >= 11 is 0. The summed E-state index contributed by atoms with van der Waals surface area (Å²) in [5.74, 6) is -1.88. The lowest BCUT2D eigenvalue weighted by Crippen LogP contribution is -2.40. The lowest BCUT2D eigenvalue weighted by atomic mass is 9.95. The van der Waals surface area contributed by atoms with Crippen LogP contribution in [-0.2, 0) is 29.1 Å². The van der Waals surface area contributed by atoms with Crippen molar-refractivity contribution in [1.82, 2.24) is 9.21 Å². The normalized spacial score (nSPS) is 21.2. The Hall–Kier alpha value is -3.05. The van der Waals surface area contributed by atoms with Gasteiger partial charge in [-0.05, 0) is 29.8 Å². The van der Waals surface area contributed by atoms with E-state index in [1.807, 2.05) is 6.07 Å². The first-order valence-corrected chi connectivity index (χ1v) is 12.3. The van der Waals surface area contributed by atoms with Gasteiger partial charge in [0, 0.05) is 32.3 Å². The van der Waals surface area contributed by atoms with Crippen LogP contribution in [0.2, 0.25) is 0 Å². The van der Waals surface area contributed by atoms with Crippen LogP contribution in [-0.4, -0.2) is 81.0 Å². The minimum absolute atomic E-state index is 0.0453. The van der Waals surface area contributed by atoms with Crippen molar-refractivity contribution in [2.75, 3.05) is 46.6 Å². The molecular formula is C24H26N2O7S. The molecule has 1 N–H and O–H groups in total. The number of sulfonamides is 1. The molecule has 0 bridgehead atoms. The van der Waals surface area contributed by atoms with E-state index in [2.05, 4.69) is 0 Å². The molecule has 2 saturated heterocycles. The second-order valence-corrected chi connectivity index (χ2v) is 9.87. The van der Waals surface area contributed by atoms with E-state index in [1.165, 1.54) is 40.6 Å². The predicted molar refractivity (Wildman–Crippen MR) is 123 cm³/mol. The summed E-state index contributed by atoms with van der Waals surface area (Å²) in [4.78, 5) is 27.2. The number of likely N-dealkylation sites (tertiary alicyclic amines) is 1. The van der Waals surface area contributed by atoms with Crippen LogP contribution in [0.4, 0.5) is 0 Å². The molecule has 180 valence electrons. The van der Waals surface area contributed by atoms with Crippen molar-refractivity contribution in [2.45, 2.75) is 10.9 Å². The Morgan fingerprint density at radius 3 is 2.32 bits per heavy atom. The van der Waals surface area contributed by atoms with Crippen LogP contribution in [0.15, 0.2) is 65.1 Å². The van der Waals surface area contributed by atoms with Crippen molar-refractivity contribution in [1.29, 1.82) is 0 Å². The fourth-order valence-corrected chi connectivity index (χ4v) is 5.57. The number of carbonyl (C=O) groups is 2. The van der Waals surface area contributed by atoms with Crippen molar-refractivity contribution in [3.05, 3.63) is 71.3 Å². The number of ether oxygens (including phenoxy) is 2. The maximum Gasteiger partial charge on any atom is 0.295 e. The van der Waals surface area contributed by atoms with Crippen LogP contribution in [0.5, 0.6) is 0 Å². The minimum atomic E-state index is -3.70. The summed E-state index contributed by atoms with van der Waals surface area (Å²) in [6.07, 6.45) is 0. The first-order chi connectivity index (χ1) is 16.4. The van der Waals surface area contributed by atoms with Gasteiger partial charge in [0.05, 0.1) is 36.3 Å². The predicted octanol–water partition coefficient (Wildman–Crippen LogP) is 1.78. The number of nitrogens with zero attached hydrogens (tertiary/aromatic N) is 2. The van der Waals surface area contributed by atoms with Gasteiger partial charge in [-0.15, -0.1) is 0 Å².